The van der Waals surface area contributed by atoms with Crippen LogP contribution in [0.4, 0.5) is 17.5 Å². The molecule has 7 nitrogen and oxygen atoms in total. The third-order valence-corrected chi connectivity index (χ3v) is 3.53. The van der Waals surface area contributed by atoms with Crippen molar-refractivity contribution in [3.63, 3.8) is 0 Å². The molecule has 0 unspecified atom stereocenters. The Kier molecular flexibility index (Phi) is 3.92. The summed E-state index contributed by atoms with van der Waals surface area (Å²) < 4.78 is 1.70. The lowest BCUT2D eigenvalue weighted by Gasteiger charge is -2.14. The fourth-order valence-electron chi connectivity index (χ4n) is 2.42. The number of fused-ring (bicyclic) bond motifs is 1. The Morgan fingerprint density at radius 1 is 1.22 bits per heavy atom. The summed E-state index contributed by atoms with van der Waals surface area (Å²) in [5.74, 6) is 1.73. The van der Waals surface area contributed by atoms with Crippen molar-refractivity contribution in [1.82, 2.24) is 19.5 Å². The first-order chi connectivity index (χ1) is 11.1. The molecule has 0 aliphatic rings. The maximum atomic E-state index is 12.7. The third-order valence-electron chi connectivity index (χ3n) is 3.53. The van der Waals surface area contributed by atoms with Crippen molar-refractivity contribution in [2.24, 2.45) is 0 Å². The summed E-state index contributed by atoms with van der Waals surface area (Å²) >= 11 is 0. The number of hydrogen-bond acceptors (Lipinski definition) is 6. The zero-order chi connectivity index (χ0) is 16.4. The Labute approximate surface area is 133 Å². The molecule has 0 bridgehead atoms. The van der Waals surface area contributed by atoms with Crippen LogP contribution in [0.15, 0.2) is 41.7 Å². The van der Waals surface area contributed by atoms with Crippen LogP contribution in [0, 0.1) is 0 Å². The van der Waals surface area contributed by atoms with Crippen molar-refractivity contribution >= 4 is 28.2 Å². The van der Waals surface area contributed by atoms with Crippen LogP contribution in [0.25, 0.3) is 10.8 Å². The highest BCUT2D eigenvalue weighted by atomic mass is 16.1. The molecule has 0 saturated heterocycles. The molecule has 3 aromatic heterocycles. The van der Waals surface area contributed by atoms with Crippen molar-refractivity contribution in [2.75, 3.05) is 17.7 Å². The molecular formula is C16H18N6O. The predicted molar refractivity (Wildman–Crippen MR) is 91.2 cm³/mol. The quantitative estimate of drug-likeness (QED) is 0.770. The van der Waals surface area contributed by atoms with Gasteiger partial charge in [0.25, 0.3) is 5.56 Å². The average molecular weight is 310 g/mol. The normalized spacial score (nSPS) is 11.0. The van der Waals surface area contributed by atoms with Crippen LogP contribution in [-0.4, -0.2) is 26.6 Å². The van der Waals surface area contributed by atoms with Gasteiger partial charge < -0.3 is 15.2 Å². The number of rotatable bonds is 4. The minimum absolute atomic E-state index is 0.0552. The largest absolute Gasteiger partial charge is 0.372 e. The second-order valence-electron chi connectivity index (χ2n) is 5.41. The number of nitrogens with zero attached hydrogens (tertiary/aromatic N) is 4. The minimum Gasteiger partial charge on any atom is -0.372 e. The van der Waals surface area contributed by atoms with Gasteiger partial charge in [-0.2, -0.15) is 0 Å². The van der Waals surface area contributed by atoms with Crippen molar-refractivity contribution < 1.29 is 0 Å². The summed E-state index contributed by atoms with van der Waals surface area (Å²) in [4.78, 5) is 25.3. The van der Waals surface area contributed by atoms with E-state index in [0.717, 1.165) is 5.39 Å². The molecule has 0 atom stereocenters. The Morgan fingerprint density at radius 3 is 2.70 bits per heavy atom. The van der Waals surface area contributed by atoms with E-state index in [1.807, 2.05) is 26.0 Å². The number of aromatic nitrogens is 4. The number of anilines is 3. The summed E-state index contributed by atoms with van der Waals surface area (Å²) in [5.41, 5.74) is -0.0552. The van der Waals surface area contributed by atoms with Crippen molar-refractivity contribution in [2.45, 2.75) is 19.9 Å². The molecule has 7 heteroatoms. The van der Waals surface area contributed by atoms with Crippen LogP contribution >= 0.6 is 0 Å². The SMILES string of the molecule is CNc1nc(Nc2cnccn2)cc2ccn(C(C)C)c(=O)c12. The molecule has 118 valence electrons. The van der Waals surface area contributed by atoms with Crippen LogP contribution in [0.5, 0.6) is 0 Å². The molecular weight excluding hydrogens is 292 g/mol. The number of pyridine rings is 2. The average Bonchev–Trinajstić information content (AvgIpc) is 2.55. The first-order valence-electron chi connectivity index (χ1n) is 7.37. The number of nitrogens with one attached hydrogen (secondary N) is 2. The van der Waals surface area contributed by atoms with Gasteiger partial charge in [-0.3, -0.25) is 9.78 Å². The zero-order valence-corrected chi connectivity index (χ0v) is 13.2. The van der Waals surface area contributed by atoms with E-state index in [4.69, 9.17) is 0 Å². The molecule has 2 N–H and O–H groups in total. The predicted octanol–water partition coefficient (Wildman–Crippen LogP) is 2.55. The molecule has 3 heterocycles. The van der Waals surface area contributed by atoms with E-state index in [-0.39, 0.29) is 11.6 Å². The van der Waals surface area contributed by atoms with E-state index in [1.165, 1.54) is 0 Å². The molecule has 23 heavy (non-hydrogen) atoms. The summed E-state index contributed by atoms with van der Waals surface area (Å²) in [6.07, 6.45) is 6.62. The van der Waals surface area contributed by atoms with Crippen molar-refractivity contribution in [1.29, 1.82) is 0 Å². The lowest BCUT2D eigenvalue weighted by Crippen LogP contribution is -2.22. The Balaban J connectivity index is 2.14. The van der Waals surface area contributed by atoms with E-state index < -0.39 is 0 Å². The van der Waals surface area contributed by atoms with Gasteiger partial charge in [0.2, 0.25) is 0 Å². The van der Waals surface area contributed by atoms with Crippen molar-refractivity contribution in [3.8, 4) is 0 Å². The molecule has 0 saturated carbocycles. The highest BCUT2D eigenvalue weighted by molar-refractivity contribution is 5.93. The van der Waals surface area contributed by atoms with Gasteiger partial charge in [-0.05, 0) is 31.4 Å². The van der Waals surface area contributed by atoms with Gasteiger partial charge in [0.1, 0.15) is 17.5 Å². The molecule has 0 radical (unpaired) electrons. The van der Waals surface area contributed by atoms with E-state index in [9.17, 15) is 4.79 Å². The van der Waals surface area contributed by atoms with E-state index in [1.54, 1.807) is 36.4 Å². The van der Waals surface area contributed by atoms with Crippen LogP contribution in [0.1, 0.15) is 19.9 Å². The molecule has 0 aliphatic carbocycles. The van der Waals surface area contributed by atoms with Crippen LogP contribution in [0.3, 0.4) is 0 Å². The molecule has 0 spiro atoms. The van der Waals surface area contributed by atoms with Gasteiger partial charge in [-0.25, -0.2) is 9.97 Å². The van der Waals surface area contributed by atoms with E-state index in [2.05, 4.69) is 25.6 Å². The molecule has 0 fully saturated rings. The molecule has 3 aromatic rings. The Hall–Kier alpha value is -2.96. The van der Waals surface area contributed by atoms with Gasteiger partial charge >= 0.3 is 0 Å². The second-order valence-corrected chi connectivity index (χ2v) is 5.41. The third kappa shape index (κ3) is 2.85. The standard InChI is InChI=1S/C16H18N6O/c1-10(2)22-7-4-11-8-12(20-13-9-18-5-6-19-13)21-15(17-3)14(11)16(22)23/h4-10H,1-3H3,(H2,17,19,20,21). The fourth-order valence-corrected chi connectivity index (χ4v) is 2.42. The zero-order valence-electron chi connectivity index (χ0n) is 13.2. The van der Waals surface area contributed by atoms with Gasteiger partial charge in [0.15, 0.2) is 0 Å². The van der Waals surface area contributed by atoms with E-state index in [0.29, 0.717) is 22.8 Å². The Morgan fingerprint density at radius 2 is 2.04 bits per heavy atom. The van der Waals surface area contributed by atoms with Crippen LogP contribution in [0.2, 0.25) is 0 Å². The summed E-state index contributed by atoms with van der Waals surface area (Å²) in [5, 5.41) is 7.49. The highest BCUT2D eigenvalue weighted by Crippen LogP contribution is 2.23. The van der Waals surface area contributed by atoms with Gasteiger partial charge in [0.05, 0.1) is 11.6 Å². The van der Waals surface area contributed by atoms with Crippen molar-refractivity contribution in [3.05, 3.63) is 47.3 Å². The smallest absolute Gasteiger partial charge is 0.262 e. The van der Waals surface area contributed by atoms with Crippen LogP contribution in [-0.2, 0) is 0 Å². The summed E-state index contributed by atoms with van der Waals surface area (Å²) in [7, 11) is 1.75. The molecule has 3 rings (SSSR count). The molecule has 0 aliphatic heterocycles. The van der Waals surface area contributed by atoms with Gasteiger partial charge in [0, 0.05) is 31.7 Å². The van der Waals surface area contributed by atoms with Crippen LogP contribution < -0.4 is 16.2 Å². The topological polar surface area (TPSA) is 84.7 Å². The summed E-state index contributed by atoms with van der Waals surface area (Å²) in [6.45, 7) is 3.95. The Bertz CT molecular complexity index is 888. The minimum atomic E-state index is -0.0552. The maximum Gasteiger partial charge on any atom is 0.262 e. The second kappa shape index (κ2) is 6.04. The lowest BCUT2D eigenvalue weighted by molar-refractivity contribution is 0.582. The first kappa shape index (κ1) is 15.0. The highest BCUT2D eigenvalue weighted by Gasteiger charge is 2.12. The molecule has 0 amide bonds. The van der Waals surface area contributed by atoms with E-state index >= 15 is 0 Å². The monoisotopic (exact) mass is 310 g/mol. The summed E-state index contributed by atoms with van der Waals surface area (Å²) in [6, 6.07) is 3.84. The molecule has 0 aromatic carbocycles. The maximum absolute atomic E-state index is 12.7. The van der Waals surface area contributed by atoms with Gasteiger partial charge in [-0.15, -0.1) is 0 Å². The first-order valence-corrected chi connectivity index (χ1v) is 7.37. The fraction of sp³-hybridized carbons (Fsp3) is 0.250. The lowest BCUT2D eigenvalue weighted by atomic mass is 10.2. The number of hydrogen-bond donors (Lipinski definition) is 2. The van der Waals surface area contributed by atoms with Gasteiger partial charge in [-0.1, -0.05) is 0 Å².